The predicted molar refractivity (Wildman–Crippen MR) is 96.8 cm³/mol. The summed E-state index contributed by atoms with van der Waals surface area (Å²) < 4.78 is 16.0. The van der Waals surface area contributed by atoms with E-state index < -0.39 is 0 Å². The smallest absolute Gasteiger partial charge is 0.230 e. The van der Waals surface area contributed by atoms with Crippen LogP contribution in [0.5, 0.6) is 17.2 Å². The van der Waals surface area contributed by atoms with Crippen LogP contribution in [0.3, 0.4) is 0 Å². The second-order valence-electron chi connectivity index (χ2n) is 6.13. The number of benzene rings is 2. The Balaban J connectivity index is 1.76. The Morgan fingerprint density at radius 2 is 1.64 bits per heavy atom. The molecule has 2 aromatic rings. The van der Waals surface area contributed by atoms with E-state index in [2.05, 4.69) is 0 Å². The Kier molecular flexibility index (Phi) is 4.83. The number of hydrogen-bond donors (Lipinski definition) is 0. The van der Waals surface area contributed by atoms with Crippen LogP contribution in [0, 0.1) is 5.92 Å². The topological polar surface area (TPSA) is 48.0 Å². The molecule has 5 heteroatoms. The van der Waals surface area contributed by atoms with Crippen molar-refractivity contribution in [2.24, 2.45) is 5.92 Å². The third-order valence-electron chi connectivity index (χ3n) is 4.73. The first-order chi connectivity index (χ1) is 12.1. The highest BCUT2D eigenvalue weighted by molar-refractivity contribution is 5.97. The van der Waals surface area contributed by atoms with E-state index in [4.69, 9.17) is 14.2 Å². The normalized spacial score (nSPS) is 18.4. The molecule has 0 aromatic heterocycles. The SMILES string of the molecule is COc1ccc(N(C)C(=O)[C@H]2C[C@H]2c2ccccc2OC)cc1OC. The van der Waals surface area contributed by atoms with E-state index in [0.717, 1.165) is 23.4 Å². The molecule has 1 amide bonds. The number of hydrogen-bond acceptors (Lipinski definition) is 4. The number of rotatable bonds is 6. The zero-order valence-electron chi connectivity index (χ0n) is 15.0. The van der Waals surface area contributed by atoms with Gasteiger partial charge in [0.05, 0.1) is 21.3 Å². The largest absolute Gasteiger partial charge is 0.496 e. The summed E-state index contributed by atoms with van der Waals surface area (Å²) in [4.78, 5) is 14.5. The van der Waals surface area contributed by atoms with Crippen molar-refractivity contribution in [2.45, 2.75) is 12.3 Å². The Morgan fingerprint density at radius 1 is 0.960 bits per heavy atom. The molecule has 132 valence electrons. The number of para-hydroxylation sites is 1. The highest BCUT2D eigenvalue weighted by atomic mass is 16.5. The number of carbonyl (C=O) groups is 1. The lowest BCUT2D eigenvalue weighted by atomic mass is 10.1. The van der Waals surface area contributed by atoms with Crippen LogP contribution in [0.4, 0.5) is 5.69 Å². The number of ether oxygens (including phenoxy) is 3. The van der Waals surface area contributed by atoms with Crippen LogP contribution in [0.15, 0.2) is 42.5 Å². The Bertz CT molecular complexity index is 774. The van der Waals surface area contributed by atoms with Crippen molar-refractivity contribution >= 4 is 11.6 Å². The fraction of sp³-hybridized carbons (Fsp3) is 0.350. The molecule has 2 aromatic carbocycles. The van der Waals surface area contributed by atoms with Gasteiger partial charge >= 0.3 is 0 Å². The molecule has 1 aliphatic carbocycles. The van der Waals surface area contributed by atoms with Gasteiger partial charge in [-0.3, -0.25) is 4.79 Å². The van der Waals surface area contributed by atoms with Gasteiger partial charge in [0, 0.05) is 24.7 Å². The monoisotopic (exact) mass is 341 g/mol. The van der Waals surface area contributed by atoms with Crippen molar-refractivity contribution in [1.29, 1.82) is 0 Å². The van der Waals surface area contributed by atoms with E-state index in [0.29, 0.717) is 11.5 Å². The average molecular weight is 341 g/mol. The summed E-state index contributed by atoms with van der Waals surface area (Å²) in [5, 5.41) is 0. The molecule has 2 atom stereocenters. The van der Waals surface area contributed by atoms with Crippen molar-refractivity contribution in [3.05, 3.63) is 48.0 Å². The summed E-state index contributed by atoms with van der Waals surface area (Å²) >= 11 is 0. The minimum Gasteiger partial charge on any atom is -0.496 e. The van der Waals surface area contributed by atoms with Crippen LogP contribution in [0.2, 0.25) is 0 Å². The molecule has 0 radical (unpaired) electrons. The van der Waals surface area contributed by atoms with Gasteiger partial charge in [0.15, 0.2) is 11.5 Å². The summed E-state index contributed by atoms with van der Waals surface area (Å²) in [6.07, 6.45) is 0.844. The summed E-state index contributed by atoms with van der Waals surface area (Å²) in [7, 11) is 6.63. The van der Waals surface area contributed by atoms with E-state index >= 15 is 0 Å². The van der Waals surface area contributed by atoms with Gasteiger partial charge in [-0.05, 0) is 36.1 Å². The zero-order chi connectivity index (χ0) is 18.0. The fourth-order valence-corrected chi connectivity index (χ4v) is 3.19. The minimum atomic E-state index is -0.0191. The maximum Gasteiger partial charge on any atom is 0.230 e. The lowest BCUT2D eigenvalue weighted by Crippen LogP contribution is -2.28. The van der Waals surface area contributed by atoms with E-state index in [1.54, 1.807) is 33.3 Å². The quantitative estimate of drug-likeness (QED) is 0.807. The molecule has 0 spiro atoms. The minimum absolute atomic E-state index is 0.0191. The number of amides is 1. The molecule has 0 aliphatic heterocycles. The van der Waals surface area contributed by atoms with Crippen LogP contribution < -0.4 is 19.1 Å². The van der Waals surface area contributed by atoms with Crippen molar-refractivity contribution in [3.8, 4) is 17.2 Å². The van der Waals surface area contributed by atoms with Gasteiger partial charge < -0.3 is 19.1 Å². The molecule has 0 N–H and O–H groups in total. The Morgan fingerprint density at radius 3 is 2.32 bits per heavy atom. The van der Waals surface area contributed by atoms with Crippen molar-refractivity contribution in [1.82, 2.24) is 0 Å². The van der Waals surface area contributed by atoms with E-state index in [-0.39, 0.29) is 17.7 Å². The average Bonchev–Trinajstić information content (AvgIpc) is 3.46. The standard InChI is InChI=1S/C20H23NO4/c1-21(13-9-10-18(24-3)19(11-13)25-4)20(22)16-12-15(16)14-7-5-6-8-17(14)23-2/h5-11,15-16H,12H2,1-4H3/t15-,16-/m0/s1. The molecule has 1 aliphatic rings. The fourth-order valence-electron chi connectivity index (χ4n) is 3.19. The third-order valence-corrected chi connectivity index (χ3v) is 4.73. The van der Waals surface area contributed by atoms with Crippen LogP contribution in [0.25, 0.3) is 0 Å². The lowest BCUT2D eigenvalue weighted by Gasteiger charge is -2.19. The molecule has 25 heavy (non-hydrogen) atoms. The summed E-state index contributed by atoms with van der Waals surface area (Å²) in [6, 6.07) is 13.4. The van der Waals surface area contributed by atoms with Crippen molar-refractivity contribution < 1.29 is 19.0 Å². The zero-order valence-corrected chi connectivity index (χ0v) is 15.0. The molecular weight excluding hydrogens is 318 g/mol. The highest BCUT2D eigenvalue weighted by Crippen LogP contribution is 2.51. The summed E-state index contributed by atoms with van der Waals surface area (Å²) in [6.45, 7) is 0. The van der Waals surface area contributed by atoms with Gasteiger partial charge in [0.25, 0.3) is 0 Å². The van der Waals surface area contributed by atoms with Crippen LogP contribution in [-0.2, 0) is 4.79 Å². The second kappa shape index (κ2) is 7.05. The van der Waals surface area contributed by atoms with Gasteiger partial charge in [-0.25, -0.2) is 0 Å². The van der Waals surface area contributed by atoms with E-state index in [9.17, 15) is 4.79 Å². The molecule has 0 bridgehead atoms. The first-order valence-corrected chi connectivity index (χ1v) is 8.23. The molecule has 0 unspecified atom stereocenters. The van der Waals surface area contributed by atoms with Crippen molar-refractivity contribution in [3.63, 3.8) is 0 Å². The van der Waals surface area contributed by atoms with Crippen molar-refractivity contribution in [2.75, 3.05) is 33.3 Å². The molecule has 1 fully saturated rings. The van der Waals surface area contributed by atoms with E-state index in [1.807, 2.05) is 42.5 Å². The first-order valence-electron chi connectivity index (χ1n) is 8.23. The molecule has 3 rings (SSSR count). The van der Waals surface area contributed by atoms with Crippen LogP contribution in [0.1, 0.15) is 17.9 Å². The van der Waals surface area contributed by atoms with Gasteiger partial charge in [0.1, 0.15) is 5.75 Å². The van der Waals surface area contributed by atoms with Gasteiger partial charge in [-0.1, -0.05) is 18.2 Å². The number of nitrogens with zero attached hydrogens (tertiary/aromatic N) is 1. The first kappa shape index (κ1) is 17.1. The molecule has 5 nitrogen and oxygen atoms in total. The van der Waals surface area contributed by atoms with Gasteiger partial charge in [-0.15, -0.1) is 0 Å². The maximum atomic E-state index is 12.9. The van der Waals surface area contributed by atoms with E-state index in [1.165, 1.54) is 0 Å². The number of anilines is 1. The maximum absolute atomic E-state index is 12.9. The number of methoxy groups -OCH3 is 3. The van der Waals surface area contributed by atoms with Gasteiger partial charge in [0.2, 0.25) is 5.91 Å². The summed E-state index contributed by atoms with van der Waals surface area (Å²) in [5.41, 5.74) is 1.89. The highest BCUT2D eigenvalue weighted by Gasteiger charge is 2.46. The Labute approximate surface area is 148 Å². The van der Waals surface area contributed by atoms with Crippen LogP contribution in [-0.4, -0.2) is 34.3 Å². The number of carbonyl (C=O) groups excluding carboxylic acids is 1. The molecule has 0 saturated heterocycles. The second-order valence-corrected chi connectivity index (χ2v) is 6.13. The molecule has 0 heterocycles. The van der Waals surface area contributed by atoms with Gasteiger partial charge in [-0.2, -0.15) is 0 Å². The Hall–Kier alpha value is -2.69. The molecule has 1 saturated carbocycles. The predicted octanol–water partition coefficient (Wildman–Crippen LogP) is 3.48. The molecular formula is C20H23NO4. The lowest BCUT2D eigenvalue weighted by molar-refractivity contribution is -0.119. The van der Waals surface area contributed by atoms with Crippen LogP contribution >= 0.6 is 0 Å². The summed E-state index contributed by atoms with van der Waals surface area (Å²) in [5.74, 6) is 2.39. The third kappa shape index (κ3) is 3.27.